The predicted octanol–water partition coefficient (Wildman–Crippen LogP) is 1.40. The Balaban J connectivity index is 2.86. The molecule has 0 atom stereocenters. The van der Waals surface area contributed by atoms with E-state index in [2.05, 4.69) is 4.72 Å². The molecule has 0 amide bonds. The van der Waals surface area contributed by atoms with Crippen molar-refractivity contribution in [2.45, 2.75) is 4.90 Å². The van der Waals surface area contributed by atoms with Crippen molar-refractivity contribution in [3.63, 3.8) is 0 Å². The summed E-state index contributed by atoms with van der Waals surface area (Å²) in [6.45, 7) is 0.405. The molecule has 0 unspecified atom stereocenters. The van der Waals surface area contributed by atoms with Gasteiger partial charge in [0.05, 0.1) is 16.5 Å². The highest BCUT2D eigenvalue weighted by molar-refractivity contribution is 7.89. The van der Waals surface area contributed by atoms with Crippen molar-refractivity contribution in [2.75, 3.05) is 20.3 Å². The number of ether oxygens (including phenoxy) is 1. The fourth-order valence-corrected chi connectivity index (χ4v) is 2.29. The number of halogens is 2. The standard InChI is InChI=1S/C9H11ClFNO3S/c1-15-5-4-12-16(13,14)7-2-3-9(11)8(10)6-7/h2-3,6,12H,4-5H2,1H3. The second-order valence-corrected chi connectivity index (χ2v) is 5.14. The largest absolute Gasteiger partial charge is 0.383 e. The molecule has 0 saturated heterocycles. The number of hydrogen-bond donors (Lipinski definition) is 1. The van der Waals surface area contributed by atoms with E-state index in [0.717, 1.165) is 18.2 Å². The lowest BCUT2D eigenvalue weighted by atomic mass is 10.3. The summed E-state index contributed by atoms with van der Waals surface area (Å²) >= 11 is 5.49. The smallest absolute Gasteiger partial charge is 0.240 e. The predicted molar refractivity (Wildman–Crippen MR) is 58.5 cm³/mol. The van der Waals surface area contributed by atoms with E-state index in [9.17, 15) is 12.8 Å². The highest BCUT2D eigenvalue weighted by Crippen LogP contribution is 2.18. The van der Waals surface area contributed by atoms with Gasteiger partial charge in [0, 0.05) is 13.7 Å². The van der Waals surface area contributed by atoms with Gasteiger partial charge in [0.15, 0.2) is 0 Å². The SMILES string of the molecule is COCCNS(=O)(=O)c1ccc(F)c(Cl)c1. The van der Waals surface area contributed by atoms with Crippen LogP contribution in [0.3, 0.4) is 0 Å². The average Bonchev–Trinajstić information content (AvgIpc) is 2.22. The molecule has 0 bridgehead atoms. The molecule has 1 N–H and O–H groups in total. The van der Waals surface area contributed by atoms with Crippen LogP contribution < -0.4 is 4.72 Å². The maximum atomic E-state index is 12.8. The highest BCUT2D eigenvalue weighted by Gasteiger charge is 2.14. The number of hydrogen-bond acceptors (Lipinski definition) is 3. The van der Waals surface area contributed by atoms with Gasteiger partial charge in [-0.25, -0.2) is 17.5 Å². The van der Waals surface area contributed by atoms with E-state index in [0.29, 0.717) is 0 Å². The van der Waals surface area contributed by atoms with E-state index in [1.165, 1.54) is 7.11 Å². The van der Waals surface area contributed by atoms with Gasteiger partial charge in [-0.1, -0.05) is 11.6 Å². The zero-order chi connectivity index (χ0) is 12.2. The summed E-state index contributed by atoms with van der Waals surface area (Å²) < 4.78 is 43.1. The van der Waals surface area contributed by atoms with Crippen molar-refractivity contribution in [3.05, 3.63) is 29.0 Å². The second-order valence-electron chi connectivity index (χ2n) is 2.97. The summed E-state index contributed by atoms with van der Waals surface area (Å²) in [7, 11) is -2.19. The van der Waals surface area contributed by atoms with Crippen molar-refractivity contribution >= 4 is 21.6 Å². The van der Waals surface area contributed by atoms with Gasteiger partial charge in [0.25, 0.3) is 0 Å². The molecule has 90 valence electrons. The Bertz CT molecular complexity index is 464. The topological polar surface area (TPSA) is 55.4 Å². The number of rotatable bonds is 5. The van der Waals surface area contributed by atoms with Crippen molar-refractivity contribution in [2.24, 2.45) is 0 Å². The maximum absolute atomic E-state index is 12.8. The molecule has 0 saturated carbocycles. The summed E-state index contributed by atoms with van der Waals surface area (Å²) in [6.07, 6.45) is 0. The fraction of sp³-hybridized carbons (Fsp3) is 0.333. The van der Waals surface area contributed by atoms with E-state index in [1.54, 1.807) is 0 Å². The van der Waals surface area contributed by atoms with Crippen LogP contribution in [0.15, 0.2) is 23.1 Å². The Kier molecular flexibility index (Phi) is 4.67. The van der Waals surface area contributed by atoms with Crippen LogP contribution in [0.5, 0.6) is 0 Å². The van der Waals surface area contributed by atoms with E-state index in [-0.39, 0.29) is 23.1 Å². The Morgan fingerprint density at radius 2 is 2.19 bits per heavy atom. The normalized spacial score (nSPS) is 11.7. The summed E-state index contributed by atoms with van der Waals surface area (Å²) in [5.41, 5.74) is 0. The fourth-order valence-electron chi connectivity index (χ4n) is 1.01. The minimum Gasteiger partial charge on any atom is -0.383 e. The van der Waals surface area contributed by atoms with Gasteiger partial charge in [-0.3, -0.25) is 0 Å². The molecule has 1 rings (SSSR count). The molecule has 0 aliphatic carbocycles. The molecule has 7 heteroatoms. The number of methoxy groups -OCH3 is 1. The van der Waals surface area contributed by atoms with Gasteiger partial charge in [-0.2, -0.15) is 0 Å². The Morgan fingerprint density at radius 1 is 1.50 bits per heavy atom. The monoisotopic (exact) mass is 267 g/mol. The van der Waals surface area contributed by atoms with Crippen LogP contribution in [0, 0.1) is 5.82 Å². The molecule has 4 nitrogen and oxygen atoms in total. The molecule has 0 fully saturated rings. The summed E-state index contributed by atoms with van der Waals surface area (Å²) in [5.74, 6) is -0.655. The van der Waals surface area contributed by atoms with Gasteiger partial charge in [0.1, 0.15) is 5.82 Å². The van der Waals surface area contributed by atoms with Crippen LogP contribution in [-0.4, -0.2) is 28.7 Å². The maximum Gasteiger partial charge on any atom is 0.240 e. The lowest BCUT2D eigenvalue weighted by Crippen LogP contribution is -2.27. The molecule has 16 heavy (non-hydrogen) atoms. The lowest BCUT2D eigenvalue weighted by molar-refractivity contribution is 0.204. The van der Waals surface area contributed by atoms with E-state index in [1.807, 2.05) is 0 Å². The number of benzene rings is 1. The van der Waals surface area contributed by atoms with Gasteiger partial charge >= 0.3 is 0 Å². The van der Waals surface area contributed by atoms with Gasteiger partial charge in [0.2, 0.25) is 10.0 Å². The number of nitrogens with one attached hydrogen (secondary N) is 1. The van der Waals surface area contributed by atoms with Crippen LogP contribution in [0.2, 0.25) is 5.02 Å². The van der Waals surface area contributed by atoms with Gasteiger partial charge in [-0.05, 0) is 18.2 Å². The molecule has 0 heterocycles. The zero-order valence-electron chi connectivity index (χ0n) is 8.54. The zero-order valence-corrected chi connectivity index (χ0v) is 10.1. The van der Waals surface area contributed by atoms with Crippen molar-refractivity contribution in [1.82, 2.24) is 4.72 Å². The Morgan fingerprint density at radius 3 is 2.75 bits per heavy atom. The first-order valence-corrected chi connectivity index (χ1v) is 6.27. The lowest BCUT2D eigenvalue weighted by Gasteiger charge is -2.06. The van der Waals surface area contributed by atoms with Crippen molar-refractivity contribution < 1.29 is 17.5 Å². The van der Waals surface area contributed by atoms with Crippen LogP contribution in [0.1, 0.15) is 0 Å². The molecule has 0 aliphatic rings. The van der Waals surface area contributed by atoms with Crippen molar-refractivity contribution in [1.29, 1.82) is 0 Å². The third-order valence-electron chi connectivity index (χ3n) is 1.80. The summed E-state index contributed by atoms with van der Waals surface area (Å²) in [6, 6.07) is 3.22. The first-order valence-electron chi connectivity index (χ1n) is 4.41. The molecular weight excluding hydrogens is 257 g/mol. The van der Waals surface area contributed by atoms with Crippen LogP contribution >= 0.6 is 11.6 Å². The molecule has 0 radical (unpaired) electrons. The molecule has 0 aliphatic heterocycles. The second kappa shape index (κ2) is 5.58. The van der Waals surface area contributed by atoms with Crippen LogP contribution in [0.4, 0.5) is 4.39 Å². The first kappa shape index (κ1) is 13.4. The average molecular weight is 268 g/mol. The van der Waals surface area contributed by atoms with Gasteiger partial charge in [-0.15, -0.1) is 0 Å². The van der Waals surface area contributed by atoms with Crippen LogP contribution in [-0.2, 0) is 14.8 Å². The van der Waals surface area contributed by atoms with E-state index < -0.39 is 15.8 Å². The van der Waals surface area contributed by atoms with E-state index in [4.69, 9.17) is 16.3 Å². The highest BCUT2D eigenvalue weighted by atomic mass is 35.5. The molecule has 0 aromatic heterocycles. The number of sulfonamides is 1. The molecule has 1 aromatic carbocycles. The minimum atomic E-state index is -3.65. The Hall–Kier alpha value is -0.690. The Labute approximate surface area is 98.4 Å². The molecule has 1 aromatic rings. The third kappa shape index (κ3) is 3.41. The minimum absolute atomic E-state index is 0.0741. The van der Waals surface area contributed by atoms with Crippen LogP contribution in [0.25, 0.3) is 0 Å². The third-order valence-corrected chi connectivity index (χ3v) is 3.55. The molecule has 0 spiro atoms. The first-order chi connectivity index (χ1) is 7.47. The van der Waals surface area contributed by atoms with E-state index >= 15 is 0 Å². The molecular formula is C9H11ClFNO3S. The quantitative estimate of drug-likeness (QED) is 0.821. The van der Waals surface area contributed by atoms with Crippen molar-refractivity contribution in [3.8, 4) is 0 Å². The van der Waals surface area contributed by atoms with Gasteiger partial charge < -0.3 is 4.74 Å². The summed E-state index contributed by atoms with van der Waals surface area (Å²) in [5, 5.41) is -0.227. The summed E-state index contributed by atoms with van der Waals surface area (Å²) in [4.78, 5) is -0.0741.